The Hall–Kier alpha value is -1.98. The molecule has 0 aliphatic carbocycles. The zero-order valence-corrected chi connectivity index (χ0v) is 11.6. The molecule has 0 atom stereocenters. The van der Waals surface area contributed by atoms with Gasteiger partial charge in [-0.1, -0.05) is 12.1 Å². The van der Waals surface area contributed by atoms with Gasteiger partial charge in [-0.2, -0.15) is 0 Å². The van der Waals surface area contributed by atoms with E-state index in [2.05, 4.69) is 9.97 Å². The number of hydrogen-bond acceptors (Lipinski definition) is 5. The van der Waals surface area contributed by atoms with E-state index in [4.69, 9.17) is 15.2 Å². The lowest BCUT2D eigenvalue weighted by Crippen LogP contribution is -2.03. The highest BCUT2D eigenvalue weighted by atomic mass is 16.5. The summed E-state index contributed by atoms with van der Waals surface area (Å²) in [6, 6.07) is 8.17. The highest BCUT2D eigenvalue weighted by Gasteiger charge is 2.01. The van der Waals surface area contributed by atoms with E-state index in [1.165, 1.54) is 5.56 Å². The summed E-state index contributed by atoms with van der Waals surface area (Å²) in [6.07, 6.45) is 5.14. The zero-order valence-electron chi connectivity index (χ0n) is 11.6. The molecule has 0 saturated carbocycles. The van der Waals surface area contributed by atoms with Crippen molar-refractivity contribution in [3.63, 3.8) is 0 Å². The fourth-order valence-electron chi connectivity index (χ4n) is 1.74. The molecule has 1 aromatic carbocycles. The van der Waals surface area contributed by atoms with Crippen LogP contribution >= 0.6 is 0 Å². The van der Waals surface area contributed by atoms with Crippen LogP contribution in [-0.2, 0) is 17.6 Å². The normalized spacial score (nSPS) is 10.5. The summed E-state index contributed by atoms with van der Waals surface area (Å²) in [5.74, 6) is 0.720. The van der Waals surface area contributed by atoms with E-state index in [-0.39, 0.29) is 0 Å². The molecule has 0 amide bonds. The number of nitrogens with two attached hydrogens (primary N) is 1. The van der Waals surface area contributed by atoms with E-state index in [9.17, 15) is 0 Å². The molecular weight excluding hydrogens is 254 g/mol. The predicted octanol–water partition coefficient (Wildman–Crippen LogP) is 1.96. The molecule has 2 rings (SSSR count). The first-order valence-electron chi connectivity index (χ1n) is 6.58. The minimum absolute atomic E-state index is 0.343. The number of rotatable bonds is 7. The van der Waals surface area contributed by atoms with Crippen molar-refractivity contribution in [2.45, 2.75) is 12.8 Å². The first-order valence-corrected chi connectivity index (χ1v) is 6.58. The average molecular weight is 273 g/mol. The fraction of sp³-hybridized carbons (Fsp3) is 0.333. The third-order valence-electron chi connectivity index (χ3n) is 2.84. The second-order valence-electron chi connectivity index (χ2n) is 4.40. The van der Waals surface area contributed by atoms with Crippen LogP contribution in [0.15, 0.2) is 36.7 Å². The Morgan fingerprint density at radius 1 is 1.00 bits per heavy atom. The van der Waals surface area contributed by atoms with Gasteiger partial charge < -0.3 is 15.2 Å². The van der Waals surface area contributed by atoms with E-state index < -0.39 is 0 Å². The van der Waals surface area contributed by atoms with Crippen LogP contribution in [0.3, 0.4) is 0 Å². The van der Waals surface area contributed by atoms with Crippen molar-refractivity contribution in [1.82, 2.24) is 9.97 Å². The Bertz CT molecular complexity index is 512. The lowest BCUT2D eigenvalue weighted by Gasteiger charge is -2.05. The first kappa shape index (κ1) is 14.4. The standard InChI is InChI=1S/C15H19N3O2/c1-19-9-7-12-2-4-14(5-3-12)20-15-17-10-13(6-8-16)11-18-15/h2-5,10-11H,6-9,16H2,1H3. The Labute approximate surface area is 118 Å². The maximum Gasteiger partial charge on any atom is 0.321 e. The van der Waals surface area contributed by atoms with Gasteiger partial charge in [-0.05, 0) is 42.6 Å². The van der Waals surface area contributed by atoms with E-state index in [1.54, 1.807) is 19.5 Å². The van der Waals surface area contributed by atoms with E-state index in [0.29, 0.717) is 19.2 Å². The van der Waals surface area contributed by atoms with Gasteiger partial charge in [0, 0.05) is 19.5 Å². The molecule has 0 unspecified atom stereocenters. The van der Waals surface area contributed by atoms with Crippen LogP contribution in [-0.4, -0.2) is 30.2 Å². The van der Waals surface area contributed by atoms with Crippen LogP contribution in [0.1, 0.15) is 11.1 Å². The topological polar surface area (TPSA) is 70.3 Å². The maximum atomic E-state index is 5.59. The van der Waals surface area contributed by atoms with Crippen LogP contribution < -0.4 is 10.5 Å². The van der Waals surface area contributed by atoms with Crippen molar-refractivity contribution in [3.05, 3.63) is 47.8 Å². The SMILES string of the molecule is COCCc1ccc(Oc2ncc(CCN)cn2)cc1. The molecule has 106 valence electrons. The molecule has 0 radical (unpaired) electrons. The lowest BCUT2D eigenvalue weighted by atomic mass is 10.1. The van der Waals surface area contributed by atoms with Gasteiger partial charge >= 0.3 is 6.01 Å². The van der Waals surface area contributed by atoms with Crippen molar-refractivity contribution in [2.24, 2.45) is 5.73 Å². The predicted molar refractivity (Wildman–Crippen MR) is 76.9 cm³/mol. The first-order chi connectivity index (χ1) is 9.81. The van der Waals surface area contributed by atoms with E-state index in [0.717, 1.165) is 24.2 Å². The van der Waals surface area contributed by atoms with Gasteiger partial charge in [-0.3, -0.25) is 0 Å². The molecule has 0 bridgehead atoms. The number of nitrogens with zero attached hydrogens (tertiary/aromatic N) is 2. The van der Waals surface area contributed by atoms with Crippen LogP contribution in [0.25, 0.3) is 0 Å². The maximum absolute atomic E-state index is 5.59. The quantitative estimate of drug-likeness (QED) is 0.835. The molecule has 0 aliphatic rings. The molecule has 1 aromatic heterocycles. The number of methoxy groups -OCH3 is 1. The summed E-state index contributed by atoms with van der Waals surface area (Å²) in [5, 5.41) is 0. The fourth-order valence-corrected chi connectivity index (χ4v) is 1.74. The van der Waals surface area contributed by atoms with Crippen molar-refractivity contribution in [3.8, 4) is 11.8 Å². The molecule has 2 N–H and O–H groups in total. The van der Waals surface area contributed by atoms with E-state index >= 15 is 0 Å². The molecule has 5 nitrogen and oxygen atoms in total. The summed E-state index contributed by atoms with van der Waals surface area (Å²) >= 11 is 0. The van der Waals surface area contributed by atoms with Gasteiger partial charge in [0.1, 0.15) is 5.75 Å². The molecule has 2 aromatic rings. The molecular formula is C15H19N3O2. The van der Waals surface area contributed by atoms with E-state index in [1.807, 2.05) is 24.3 Å². The second-order valence-corrected chi connectivity index (χ2v) is 4.40. The minimum Gasteiger partial charge on any atom is -0.424 e. The zero-order chi connectivity index (χ0) is 14.2. The average Bonchev–Trinajstić information content (AvgIpc) is 2.49. The molecule has 0 spiro atoms. The molecule has 5 heteroatoms. The lowest BCUT2D eigenvalue weighted by molar-refractivity contribution is 0.202. The Kier molecular flexibility index (Phi) is 5.46. The Morgan fingerprint density at radius 2 is 1.70 bits per heavy atom. The Morgan fingerprint density at radius 3 is 2.30 bits per heavy atom. The molecule has 0 aliphatic heterocycles. The van der Waals surface area contributed by atoms with Gasteiger partial charge in [0.05, 0.1) is 6.61 Å². The van der Waals surface area contributed by atoms with Crippen molar-refractivity contribution in [2.75, 3.05) is 20.3 Å². The summed E-state index contributed by atoms with van der Waals surface area (Å²) in [4.78, 5) is 8.31. The van der Waals surface area contributed by atoms with Crippen molar-refractivity contribution >= 4 is 0 Å². The Balaban J connectivity index is 1.95. The number of aromatic nitrogens is 2. The number of ether oxygens (including phenoxy) is 2. The summed E-state index contributed by atoms with van der Waals surface area (Å²) in [7, 11) is 1.70. The van der Waals surface area contributed by atoms with Gasteiger partial charge in [0.15, 0.2) is 0 Å². The molecule has 0 fully saturated rings. The summed E-state index contributed by atoms with van der Waals surface area (Å²) < 4.78 is 10.6. The summed E-state index contributed by atoms with van der Waals surface area (Å²) in [6.45, 7) is 1.30. The highest BCUT2D eigenvalue weighted by Crippen LogP contribution is 2.18. The van der Waals surface area contributed by atoms with Gasteiger partial charge in [-0.25, -0.2) is 9.97 Å². The second kappa shape index (κ2) is 7.57. The van der Waals surface area contributed by atoms with Gasteiger partial charge in [0.25, 0.3) is 0 Å². The minimum atomic E-state index is 0.343. The summed E-state index contributed by atoms with van der Waals surface area (Å²) in [5.41, 5.74) is 7.69. The van der Waals surface area contributed by atoms with Gasteiger partial charge in [-0.15, -0.1) is 0 Å². The van der Waals surface area contributed by atoms with Crippen molar-refractivity contribution < 1.29 is 9.47 Å². The largest absolute Gasteiger partial charge is 0.424 e. The monoisotopic (exact) mass is 273 g/mol. The third kappa shape index (κ3) is 4.29. The molecule has 1 heterocycles. The smallest absolute Gasteiger partial charge is 0.321 e. The van der Waals surface area contributed by atoms with Crippen LogP contribution in [0, 0.1) is 0 Å². The number of benzene rings is 1. The third-order valence-corrected chi connectivity index (χ3v) is 2.84. The van der Waals surface area contributed by atoms with Crippen LogP contribution in [0.2, 0.25) is 0 Å². The van der Waals surface area contributed by atoms with Gasteiger partial charge in [0.2, 0.25) is 0 Å². The van der Waals surface area contributed by atoms with Crippen molar-refractivity contribution in [1.29, 1.82) is 0 Å². The molecule has 20 heavy (non-hydrogen) atoms. The van der Waals surface area contributed by atoms with Crippen LogP contribution in [0.4, 0.5) is 0 Å². The number of hydrogen-bond donors (Lipinski definition) is 1. The molecule has 0 saturated heterocycles. The highest BCUT2D eigenvalue weighted by molar-refractivity contribution is 5.29. The van der Waals surface area contributed by atoms with Crippen LogP contribution in [0.5, 0.6) is 11.8 Å².